The van der Waals surface area contributed by atoms with Gasteiger partial charge in [-0.05, 0) is 42.0 Å². The molecule has 4 nitrogen and oxygen atoms in total. The molecule has 122 valence electrons. The number of hydrogen-bond acceptors (Lipinski definition) is 2. The zero-order chi connectivity index (χ0) is 16.9. The Morgan fingerprint density at radius 1 is 1.13 bits per heavy atom. The summed E-state index contributed by atoms with van der Waals surface area (Å²) in [5.74, 6) is -0.349. The molecule has 0 aliphatic rings. The summed E-state index contributed by atoms with van der Waals surface area (Å²) in [7, 11) is 0. The summed E-state index contributed by atoms with van der Waals surface area (Å²) in [4.78, 5) is 11.7. The highest BCUT2D eigenvalue weighted by molar-refractivity contribution is 9.10. The van der Waals surface area contributed by atoms with Crippen LogP contribution in [0, 0.1) is 0 Å². The lowest BCUT2D eigenvalue weighted by atomic mass is 10.2. The van der Waals surface area contributed by atoms with Crippen molar-refractivity contribution in [3.8, 4) is 5.75 Å². The van der Waals surface area contributed by atoms with Gasteiger partial charge in [-0.25, -0.2) is 4.79 Å². The van der Waals surface area contributed by atoms with E-state index in [1.54, 1.807) is 0 Å². The summed E-state index contributed by atoms with van der Waals surface area (Å²) in [6.07, 6.45) is -4.74. The first-order chi connectivity index (χ1) is 10.8. The Balaban J connectivity index is 1.85. The molecule has 0 spiro atoms. The van der Waals surface area contributed by atoms with Crippen molar-refractivity contribution >= 4 is 27.6 Å². The molecule has 0 unspecified atom stereocenters. The van der Waals surface area contributed by atoms with E-state index in [1.807, 2.05) is 24.3 Å². The van der Waals surface area contributed by atoms with E-state index in [0.29, 0.717) is 12.2 Å². The van der Waals surface area contributed by atoms with Crippen molar-refractivity contribution in [2.24, 2.45) is 0 Å². The molecule has 0 atom stereocenters. The van der Waals surface area contributed by atoms with Crippen LogP contribution in [0.25, 0.3) is 0 Å². The van der Waals surface area contributed by atoms with Crippen molar-refractivity contribution in [3.05, 3.63) is 58.6 Å². The number of urea groups is 1. The van der Waals surface area contributed by atoms with Crippen molar-refractivity contribution in [2.45, 2.75) is 12.9 Å². The van der Waals surface area contributed by atoms with E-state index in [0.717, 1.165) is 22.2 Å². The van der Waals surface area contributed by atoms with E-state index in [1.165, 1.54) is 12.1 Å². The van der Waals surface area contributed by atoms with E-state index in [-0.39, 0.29) is 5.75 Å². The molecule has 2 amide bonds. The van der Waals surface area contributed by atoms with Gasteiger partial charge < -0.3 is 15.4 Å². The third kappa shape index (κ3) is 6.19. The summed E-state index contributed by atoms with van der Waals surface area (Å²) in [5.41, 5.74) is 1.26. The molecule has 0 saturated heterocycles. The van der Waals surface area contributed by atoms with Gasteiger partial charge in [0.1, 0.15) is 5.75 Å². The molecule has 0 fully saturated rings. The Labute approximate surface area is 138 Å². The molecule has 23 heavy (non-hydrogen) atoms. The number of hydrogen-bond donors (Lipinski definition) is 2. The molecular formula is C15H12BrF3N2O2. The van der Waals surface area contributed by atoms with Gasteiger partial charge in [0.05, 0.1) is 0 Å². The molecule has 2 aromatic carbocycles. The smallest absolute Gasteiger partial charge is 0.406 e. The van der Waals surface area contributed by atoms with Crippen LogP contribution in [0.1, 0.15) is 5.56 Å². The SMILES string of the molecule is O=C(NCc1cccc(Br)c1)Nc1ccc(OC(F)(F)F)cc1. The first-order valence-corrected chi connectivity index (χ1v) is 7.26. The lowest BCUT2D eigenvalue weighted by Crippen LogP contribution is -2.28. The number of carbonyl (C=O) groups is 1. The van der Waals surface area contributed by atoms with Crippen LogP contribution in [0.5, 0.6) is 5.75 Å². The highest BCUT2D eigenvalue weighted by Crippen LogP contribution is 2.23. The molecule has 2 N–H and O–H groups in total. The molecule has 0 radical (unpaired) electrons. The van der Waals surface area contributed by atoms with E-state index >= 15 is 0 Å². The van der Waals surface area contributed by atoms with Crippen LogP contribution >= 0.6 is 15.9 Å². The molecule has 2 rings (SSSR count). The van der Waals surface area contributed by atoms with Gasteiger partial charge in [0.15, 0.2) is 0 Å². The molecular weight excluding hydrogens is 377 g/mol. The van der Waals surface area contributed by atoms with E-state index in [2.05, 4.69) is 31.3 Å². The molecule has 0 bridgehead atoms. The average molecular weight is 389 g/mol. The number of alkyl halides is 3. The predicted octanol–water partition coefficient (Wildman–Crippen LogP) is 4.67. The summed E-state index contributed by atoms with van der Waals surface area (Å²) in [6, 6.07) is 11.9. The van der Waals surface area contributed by atoms with Crippen LogP contribution in [0.15, 0.2) is 53.0 Å². The Hall–Kier alpha value is -2.22. The maximum atomic E-state index is 12.0. The van der Waals surface area contributed by atoms with Gasteiger partial charge in [0.25, 0.3) is 0 Å². The fourth-order valence-electron chi connectivity index (χ4n) is 1.74. The molecule has 0 aliphatic carbocycles. The normalized spacial score (nSPS) is 11.0. The number of carbonyl (C=O) groups excluding carboxylic acids is 1. The average Bonchev–Trinajstić information content (AvgIpc) is 2.46. The standard InChI is InChI=1S/C15H12BrF3N2O2/c16-11-3-1-2-10(8-11)9-20-14(22)21-12-4-6-13(7-5-12)23-15(17,18)19/h1-8H,9H2,(H2,20,21,22). The summed E-state index contributed by atoms with van der Waals surface area (Å²) >= 11 is 3.33. The number of halogens is 4. The molecule has 0 heterocycles. The minimum atomic E-state index is -4.74. The quantitative estimate of drug-likeness (QED) is 0.799. The second kappa shape index (κ2) is 7.36. The zero-order valence-corrected chi connectivity index (χ0v) is 13.2. The first kappa shape index (κ1) is 17.1. The number of anilines is 1. The monoisotopic (exact) mass is 388 g/mol. The van der Waals surface area contributed by atoms with Crippen molar-refractivity contribution in [3.63, 3.8) is 0 Å². The lowest BCUT2D eigenvalue weighted by Gasteiger charge is -2.10. The number of nitrogens with one attached hydrogen (secondary N) is 2. The van der Waals surface area contributed by atoms with Gasteiger partial charge in [-0.3, -0.25) is 0 Å². The van der Waals surface area contributed by atoms with Crippen molar-refractivity contribution in [1.29, 1.82) is 0 Å². The second-order valence-electron chi connectivity index (χ2n) is 4.51. The van der Waals surface area contributed by atoms with E-state index in [9.17, 15) is 18.0 Å². The summed E-state index contributed by atoms with van der Waals surface area (Å²) < 4.78 is 40.8. The van der Waals surface area contributed by atoms with Gasteiger partial charge in [-0.15, -0.1) is 13.2 Å². The first-order valence-electron chi connectivity index (χ1n) is 6.47. The topological polar surface area (TPSA) is 50.4 Å². The maximum absolute atomic E-state index is 12.0. The molecule has 2 aromatic rings. The van der Waals surface area contributed by atoms with E-state index < -0.39 is 12.4 Å². The van der Waals surface area contributed by atoms with Crippen LogP contribution in [-0.4, -0.2) is 12.4 Å². The minimum Gasteiger partial charge on any atom is -0.406 e. The van der Waals surface area contributed by atoms with Gasteiger partial charge in [0.2, 0.25) is 0 Å². The van der Waals surface area contributed by atoms with E-state index in [4.69, 9.17) is 0 Å². The largest absolute Gasteiger partial charge is 0.573 e. The number of benzene rings is 2. The molecule has 8 heteroatoms. The van der Waals surface area contributed by atoms with Crippen molar-refractivity contribution < 1.29 is 22.7 Å². The Morgan fingerprint density at radius 3 is 2.43 bits per heavy atom. The van der Waals surface area contributed by atoms with Gasteiger partial charge >= 0.3 is 12.4 Å². The lowest BCUT2D eigenvalue weighted by molar-refractivity contribution is -0.274. The van der Waals surface area contributed by atoms with Crippen LogP contribution in [0.4, 0.5) is 23.7 Å². The van der Waals surface area contributed by atoms with Crippen molar-refractivity contribution in [1.82, 2.24) is 5.32 Å². The van der Waals surface area contributed by atoms with Gasteiger partial charge in [-0.2, -0.15) is 0 Å². The number of rotatable bonds is 4. The molecule has 0 saturated carbocycles. The van der Waals surface area contributed by atoms with Crippen LogP contribution < -0.4 is 15.4 Å². The number of ether oxygens (including phenoxy) is 1. The summed E-state index contributed by atoms with van der Waals surface area (Å²) in [5, 5.41) is 5.16. The zero-order valence-electron chi connectivity index (χ0n) is 11.7. The fraction of sp³-hybridized carbons (Fsp3) is 0.133. The third-order valence-corrected chi connectivity index (χ3v) is 3.18. The third-order valence-electron chi connectivity index (χ3n) is 2.69. The highest BCUT2D eigenvalue weighted by atomic mass is 79.9. The number of amides is 2. The Morgan fingerprint density at radius 2 is 1.83 bits per heavy atom. The highest BCUT2D eigenvalue weighted by Gasteiger charge is 2.30. The Bertz CT molecular complexity index is 675. The van der Waals surface area contributed by atoms with Gasteiger partial charge in [-0.1, -0.05) is 28.1 Å². The van der Waals surface area contributed by atoms with Crippen molar-refractivity contribution in [2.75, 3.05) is 5.32 Å². The minimum absolute atomic E-state index is 0.320. The summed E-state index contributed by atoms with van der Waals surface area (Å²) in [6.45, 7) is 0.320. The van der Waals surface area contributed by atoms with Gasteiger partial charge in [0, 0.05) is 16.7 Å². The Kier molecular flexibility index (Phi) is 5.49. The van der Waals surface area contributed by atoms with Crippen LogP contribution in [0.2, 0.25) is 0 Å². The van der Waals surface area contributed by atoms with Crippen LogP contribution in [-0.2, 0) is 6.54 Å². The fourth-order valence-corrected chi connectivity index (χ4v) is 2.19. The maximum Gasteiger partial charge on any atom is 0.573 e. The predicted molar refractivity (Wildman–Crippen MR) is 83.1 cm³/mol. The second-order valence-corrected chi connectivity index (χ2v) is 5.43. The molecule has 0 aromatic heterocycles. The molecule has 0 aliphatic heterocycles. The van der Waals surface area contributed by atoms with Crippen LogP contribution in [0.3, 0.4) is 0 Å².